The van der Waals surface area contributed by atoms with E-state index in [4.69, 9.17) is 23.2 Å². The Hall–Kier alpha value is -2.75. The summed E-state index contributed by atoms with van der Waals surface area (Å²) < 4.78 is 65.3. The Morgan fingerprint density at radius 2 is 1.52 bits per heavy atom. The monoisotopic (exact) mass is 516 g/mol. The van der Waals surface area contributed by atoms with Crippen LogP contribution in [0.5, 0.6) is 0 Å². The number of sulfonamides is 1. The van der Waals surface area contributed by atoms with Gasteiger partial charge in [-0.2, -0.15) is 13.2 Å². The minimum atomic E-state index is -4.64. The van der Waals surface area contributed by atoms with Crippen molar-refractivity contribution in [1.29, 1.82) is 0 Å². The Morgan fingerprint density at radius 1 is 0.939 bits per heavy atom. The fourth-order valence-corrected chi connectivity index (χ4v) is 4.43. The van der Waals surface area contributed by atoms with Crippen molar-refractivity contribution in [1.82, 2.24) is 0 Å². The van der Waals surface area contributed by atoms with Gasteiger partial charge in [0, 0.05) is 21.2 Å². The van der Waals surface area contributed by atoms with Gasteiger partial charge in [0.25, 0.3) is 5.91 Å². The minimum absolute atomic E-state index is 0.0416. The third kappa shape index (κ3) is 5.98. The van der Waals surface area contributed by atoms with E-state index in [-0.39, 0.29) is 33.5 Å². The molecular formula is C22H17Cl2F3N2O3S. The van der Waals surface area contributed by atoms with Crippen LogP contribution in [0.1, 0.15) is 21.5 Å². The predicted octanol–water partition coefficient (Wildman–Crippen LogP) is 6.23. The number of amides is 1. The average molecular weight is 517 g/mol. The lowest BCUT2D eigenvalue weighted by Crippen LogP contribution is -2.29. The van der Waals surface area contributed by atoms with Gasteiger partial charge in [-0.05, 0) is 48.5 Å². The van der Waals surface area contributed by atoms with Crippen LogP contribution in [-0.4, -0.2) is 20.6 Å². The lowest BCUT2D eigenvalue weighted by Gasteiger charge is -2.24. The summed E-state index contributed by atoms with van der Waals surface area (Å²) in [6.07, 6.45) is -3.63. The zero-order valence-corrected chi connectivity index (χ0v) is 19.4. The second kappa shape index (κ2) is 9.62. The summed E-state index contributed by atoms with van der Waals surface area (Å²) in [6.45, 7) is -0.151. The van der Waals surface area contributed by atoms with E-state index < -0.39 is 27.7 Å². The second-order valence-electron chi connectivity index (χ2n) is 7.01. The van der Waals surface area contributed by atoms with Crippen molar-refractivity contribution < 1.29 is 26.4 Å². The summed E-state index contributed by atoms with van der Waals surface area (Å²) in [4.78, 5) is 12.5. The van der Waals surface area contributed by atoms with Crippen LogP contribution in [0.4, 0.5) is 24.5 Å². The van der Waals surface area contributed by atoms with Crippen LogP contribution in [0.25, 0.3) is 0 Å². The zero-order valence-electron chi connectivity index (χ0n) is 17.0. The number of halogens is 5. The molecule has 5 nitrogen and oxygen atoms in total. The Morgan fingerprint density at radius 3 is 2.06 bits per heavy atom. The SMILES string of the molecule is CS(=O)(=O)N(Cc1c(Cl)cccc1Cl)c1ccc(C(=O)Nc2ccccc2C(F)(F)F)cc1. The number of hydrogen-bond donors (Lipinski definition) is 1. The van der Waals surface area contributed by atoms with Crippen LogP contribution in [0.2, 0.25) is 10.0 Å². The summed E-state index contributed by atoms with van der Waals surface area (Å²) in [5.41, 5.74) is -0.697. The lowest BCUT2D eigenvalue weighted by atomic mass is 10.1. The van der Waals surface area contributed by atoms with E-state index in [1.807, 2.05) is 0 Å². The van der Waals surface area contributed by atoms with Gasteiger partial charge in [0.2, 0.25) is 10.0 Å². The molecule has 0 fully saturated rings. The van der Waals surface area contributed by atoms with E-state index in [1.165, 1.54) is 36.4 Å². The predicted molar refractivity (Wildman–Crippen MR) is 123 cm³/mol. The molecule has 0 aliphatic carbocycles. The Balaban J connectivity index is 1.87. The molecular weight excluding hydrogens is 500 g/mol. The summed E-state index contributed by atoms with van der Waals surface area (Å²) in [5.74, 6) is -0.779. The van der Waals surface area contributed by atoms with E-state index in [2.05, 4.69) is 5.32 Å². The van der Waals surface area contributed by atoms with Gasteiger partial charge >= 0.3 is 6.18 Å². The van der Waals surface area contributed by atoms with Crippen LogP contribution in [0.15, 0.2) is 66.7 Å². The molecule has 0 radical (unpaired) electrons. The number of rotatable bonds is 6. The summed E-state index contributed by atoms with van der Waals surface area (Å²) in [7, 11) is -3.76. The molecule has 0 aromatic heterocycles. The molecule has 0 heterocycles. The number of benzene rings is 3. The van der Waals surface area contributed by atoms with Crippen LogP contribution in [0.3, 0.4) is 0 Å². The lowest BCUT2D eigenvalue weighted by molar-refractivity contribution is -0.136. The van der Waals surface area contributed by atoms with Gasteiger partial charge in [-0.25, -0.2) is 8.42 Å². The molecule has 11 heteroatoms. The topological polar surface area (TPSA) is 66.5 Å². The first kappa shape index (κ1) is 24.9. The number of nitrogens with zero attached hydrogens (tertiary/aromatic N) is 1. The highest BCUT2D eigenvalue weighted by Gasteiger charge is 2.33. The van der Waals surface area contributed by atoms with Crippen LogP contribution < -0.4 is 9.62 Å². The largest absolute Gasteiger partial charge is 0.418 e. The summed E-state index contributed by atoms with van der Waals surface area (Å²) in [6, 6.07) is 14.8. The van der Waals surface area contributed by atoms with Crippen molar-refractivity contribution in [2.24, 2.45) is 0 Å². The first-order valence-electron chi connectivity index (χ1n) is 9.36. The molecule has 0 spiro atoms. The molecule has 174 valence electrons. The zero-order chi connectivity index (χ0) is 24.4. The molecule has 0 saturated carbocycles. The van der Waals surface area contributed by atoms with Crippen LogP contribution in [0, 0.1) is 0 Å². The molecule has 3 aromatic carbocycles. The van der Waals surface area contributed by atoms with Crippen molar-refractivity contribution in [2.45, 2.75) is 12.7 Å². The van der Waals surface area contributed by atoms with Crippen molar-refractivity contribution in [3.05, 3.63) is 93.5 Å². The van der Waals surface area contributed by atoms with Gasteiger partial charge in [-0.1, -0.05) is 41.4 Å². The Labute approximate surface area is 198 Å². The van der Waals surface area contributed by atoms with Gasteiger partial charge in [0.1, 0.15) is 0 Å². The molecule has 0 aliphatic heterocycles. The summed E-state index contributed by atoms with van der Waals surface area (Å²) >= 11 is 12.3. The highest BCUT2D eigenvalue weighted by molar-refractivity contribution is 7.92. The first-order valence-corrected chi connectivity index (χ1v) is 12.0. The van der Waals surface area contributed by atoms with Gasteiger partial charge in [-0.15, -0.1) is 0 Å². The van der Waals surface area contributed by atoms with Gasteiger partial charge in [-0.3, -0.25) is 9.10 Å². The Bertz CT molecular complexity index is 1260. The average Bonchev–Trinajstić information content (AvgIpc) is 2.72. The maximum Gasteiger partial charge on any atom is 0.418 e. The minimum Gasteiger partial charge on any atom is -0.321 e. The standard InChI is InChI=1S/C22H17Cl2F3N2O3S/c1-33(31,32)29(13-16-18(23)6-4-7-19(16)24)15-11-9-14(10-12-15)21(30)28-20-8-3-2-5-17(20)22(25,26)27/h2-12H,13H2,1H3,(H,28,30). The van der Waals surface area contributed by atoms with Gasteiger partial charge < -0.3 is 5.32 Å². The smallest absolute Gasteiger partial charge is 0.321 e. The third-order valence-electron chi connectivity index (χ3n) is 4.66. The molecule has 3 aromatic rings. The fourth-order valence-electron chi connectivity index (χ4n) is 3.04. The maximum absolute atomic E-state index is 13.2. The van der Waals surface area contributed by atoms with Crippen LogP contribution in [-0.2, 0) is 22.7 Å². The number of nitrogens with one attached hydrogen (secondary N) is 1. The number of carbonyl (C=O) groups is 1. The number of hydrogen-bond acceptors (Lipinski definition) is 3. The van der Waals surface area contributed by atoms with E-state index in [9.17, 15) is 26.4 Å². The van der Waals surface area contributed by atoms with Crippen molar-refractivity contribution in [2.75, 3.05) is 15.9 Å². The van der Waals surface area contributed by atoms with Crippen LogP contribution >= 0.6 is 23.2 Å². The molecule has 3 rings (SSSR count). The Kier molecular flexibility index (Phi) is 7.26. The summed E-state index contributed by atoms with van der Waals surface area (Å²) in [5, 5.41) is 2.82. The van der Waals surface area contributed by atoms with E-state index in [1.54, 1.807) is 18.2 Å². The first-order chi connectivity index (χ1) is 15.4. The van der Waals surface area contributed by atoms with Crippen molar-refractivity contribution in [3.63, 3.8) is 0 Å². The van der Waals surface area contributed by atoms with Gasteiger partial charge in [0.05, 0.1) is 29.7 Å². The molecule has 0 aliphatic rings. The number of anilines is 2. The number of alkyl halides is 3. The molecule has 0 bridgehead atoms. The maximum atomic E-state index is 13.2. The molecule has 0 unspecified atom stereocenters. The van der Waals surface area contributed by atoms with Crippen molar-refractivity contribution in [3.8, 4) is 0 Å². The third-order valence-corrected chi connectivity index (χ3v) is 6.51. The number of carbonyl (C=O) groups excluding carboxylic acids is 1. The molecule has 0 saturated heterocycles. The van der Waals surface area contributed by atoms with E-state index in [0.29, 0.717) is 5.56 Å². The normalized spacial score (nSPS) is 11.8. The highest BCUT2D eigenvalue weighted by Crippen LogP contribution is 2.35. The fraction of sp³-hybridized carbons (Fsp3) is 0.136. The molecule has 0 atom stereocenters. The molecule has 1 amide bonds. The molecule has 1 N–H and O–H groups in total. The van der Waals surface area contributed by atoms with Gasteiger partial charge in [0.15, 0.2) is 0 Å². The number of para-hydroxylation sites is 1. The molecule has 33 heavy (non-hydrogen) atoms. The van der Waals surface area contributed by atoms with E-state index in [0.717, 1.165) is 22.7 Å². The second-order valence-corrected chi connectivity index (χ2v) is 9.74. The van der Waals surface area contributed by atoms with Crippen molar-refractivity contribution >= 4 is 50.5 Å². The van der Waals surface area contributed by atoms with E-state index >= 15 is 0 Å². The quantitative estimate of drug-likeness (QED) is 0.422. The highest BCUT2D eigenvalue weighted by atomic mass is 35.5.